The van der Waals surface area contributed by atoms with Gasteiger partial charge in [0.1, 0.15) is 5.41 Å². The number of carbonyl (C=O) groups excluding carboxylic acids is 1. The molecule has 0 amide bonds. The largest absolute Gasteiger partial charge is 0.293 e. The summed E-state index contributed by atoms with van der Waals surface area (Å²) in [6.45, 7) is 0. The van der Waals surface area contributed by atoms with Gasteiger partial charge in [-0.15, -0.1) is 8.86 Å². The first kappa shape index (κ1) is 15.4. The van der Waals surface area contributed by atoms with Crippen molar-refractivity contribution < 1.29 is 4.79 Å². The van der Waals surface area contributed by atoms with Gasteiger partial charge in [0.2, 0.25) is 0 Å². The molecule has 0 bridgehead atoms. The van der Waals surface area contributed by atoms with Crippen molar-refractivity contribution in [1.82, 2.24) is 0 Å². The lowest BCUT2D eigenvalue weighted by Crippen LogP contribution is -2.39. The summed E-state index contributed by atoms with van der Waals surface area (Å²) >= 11 is 0. The first-order chi connectivity index (χ1) is 11.3. The SMILES string of the molecule is O=C(C=P)C(c1ccccc1)(c1ccccc1)c1ccccc1. The second-order valence-corrected chi connectivity index (χ2v) is 5.65. The third-order valence-electron chi connectivity index (χ3n) is 4.12. The van der Waals surface area contributed by atoms with Crippen LogP contribution in [-0.2, 0) is 10.2 Å². The summed E-state index contributed by atoms with van der Waals surface area (Å²) in [7, 11) is 3.32. The standard InChI is InChI=1S/C21H17OP/c22-20(16-23)21(17-10-4-1-5-11-17,18-12-6-2-7-13-18)19-14-8-3-9-15-19/h1-16,23H. The van der Waals surface area contributed by atoms with E-state index in [9.17, 15) is 4.79 Å². The zero-order valence-corrected chi connectivity index (χ0v) is 13.6. The van der Waals surface area contributed by atoms with E-state index >= 15 is 0 Å². The van der Waals surface area contributed by atoms with Gasteiger partial charge in [-0.05, 0) is 16.7 Å². The Morgan fingerprint density at radius 3 is 1.22 bits per heavy atom. The van der Waals surface area contributed by atoms with Crippen LogP contribution in [0.2, 0.25) is 0 Å². The van der Waals surface area contributed by atoms with E-state index in [1.54, 1.807) is 0 Å². The summed E-state index contributed by atoms with van der Waals surface area (Å²) in [5, 5.41) is 0. The van der Waals surface area contributed by atoms with Gasteiger partial charge in [-0.25, -0.2) is 0 Å². The van der Waals surface area contributed by atoms with Crippen LogP contribution >= 0.6 is 8.86 Å². The van der Waals surface area contributed by atoms with Crippen LogP contribution in [0.4, 0.5) is 0 Å². The van der Waals surface area contributed by atoms with Crippen LogP contribution in [-0.4, -0.2) is 11.6 Å². The van der Waals surface area contributed by atoms with Crippen LogP contribution in [0.5, 0.6) is 0 Å². The molecule has 3 aromatic carbocycles. The van der Waals surface area contributed by atoms with Gasteiger partial charge in [-0.3, -0.25) is 4.79 Å². The number of Topliss-reactive ketones (excluding diaryl/α,β-unsaturated/α-hetero) is 1. The molecule has 0 N–H and O–H groups in total. The average Bonchev–Trinajstić information content (AvgIpc) is 2.65. The Bertz CT molecular complexity index is 698. The van der Waals surface area contributed by atoms with E-state index in [0.29, 0.717) is 0 Å². The lowest BCUT2D eigenvalue weighted by molar-refractivity contribution is -0.115. The lowest BCUT2D eigenvalue weighted by Gasteiger charge is -2.33. The first-order valence-electron chi connectivity index (χ1n) is 7.51. The molecule has 0 heterocycles. The molecule has 0 aliphatic heterocycles. The first-order valence-corrected chi connectivity index (χ1v) is 8.09. The van der Waals surface area contributed by atoms with E-state index in [4.69, 9.17) is 0 Å². The summed E-state index contributed by atoms with van der Waals surface area (Å²) < 4.78 is 0. The van der Waals surface area contributed by atoms with Gasteiger partial charge in [-0.2, -0.15) is 0 Å². The van der Waals surface area contributed by atoms with Crippen LogP contribution in [0.25, 0.3) is 0 Å². The normalized spacial score (nSPS) is 11.0. The Morgan fingerprint density at radius 2 is 0.957 bits per heavy atom. The van der Waals surface area contributed by atoms with Crippen LogP contribution in [0.15, 0.2) is 91.0 Å². The van der Waals surface area contributed by atoms with E-state index < -0.39 is 5.41 Å². The van der Waals surface area contributed by atoms with Gasteiger partial charge in [0, 0.05) is 5.80 Å². The summed E-state index contributed by atoms with van der Waals surface area (Å²) in [6, 6.07) is 29.8. The molecular formula is C21H17OP. The summed E-state index contributed by atoms with van der Waals surface area (Å²) in [6.07, 6.45) is 0. The van der Waals surface area contributed by atoms with Gasteiger partial charge in [0.25, 0.3) is 0 Å². The van der Waals surface area contributed by atoms with E-state index in [0.717, 1.165) is 16.7 Å². The molecule has 2 heteroatoms. The molecule has 0 aliphatic carbocycles. The van der Waals surface area contributed by atoms with Crippen LogP contribution in [0, 0.1) is 0 Å². The molecule has 0 aromatic heterocycles. The maximum Gasteiger partial charge on any atom is 0.179 e. The number of benzene rings is 3. The highest BCUT2D eigenvalue weighted by Gasteiger charge is 2.41. The quantitative estimate of drug-likeness (QED) is 0.499. The lowest BCUT2D eigenvalue weighted by atomic mass is 9.67. The van der Waals surface area contributed by atoms with Gasteiger partial charge >= 0.3 is 0 Å². The number of ketones is 1. The smallest absolute Gasteiger partial charge is 0.179 e. The second-order valence-electron chi connectivity index (χ2n) is 5.36. The summed E-state index contributed by atoms with van der Waals surface area (Å²) in [5.41, 5.74) is 2.01. The van der Waals surface area contributed by atoms with Crippen molar-refractivity contribution in [2.45, 2.75) is 5.41 Å². The molecule has 0 aliphatic rings. The fourth-order valence-electron chi connectivity index (χ4n) is 3.10. The Kier molecular flexibility index (Phi) is 4.50. The zero-order valence-electron chi connectivity index (χ0n) is 12.6. The molecule has 3 aromatic rings. The Morgan fingerprint density at radius 1 is 0.652 bits per heavy atom. The Labute approximate surface area is 138 Å². The van der Waals surface area contributed by atoms with E-state index in [-0.39, 0.29) is 5.78 Å². The highest BCUT2D eigenvalue weighted by Crippen LogP contribution is 2.39. The molecule has 1 nitrogen and oxygen atoms in total. The number of rotatable bonds is 5. The number of hydrogen-bond donors (Lipinski definition) is 0. The molecule has 0 fully saturated rings. The molecule has 112 valence electrons. The average molecular weight is 316 g/mol. The van der Waals surface area contributed by atoms with Crippen molar-refractivity contribution >= 4 is 20.4 Å². The fourth-order valence-corrected chi connectivity index (χ4v) is 3.32. The minimum atomic E-state index is -0.856. The van der Waals surface area contributed by atoms with Gasteiger partial charge in [-0.1, -0.05) is 91.0 Å². The summed E-state index contributed by atoms with van der Waals surface area (Å²) in [5.74, 6) is 1.48. The van der Waals surface area contributed by atoms with Crippen molar-refractivity contribution in [3.63, 3.8) is 0 Å². The number of hydrogen-bond acceptors (Lipinski definition) is 1. The molecular weight excluding hydrogens is 299 g/mol. The van der Waals surface area contributed by atoms with Crippen molar-refractivity contribution in [1.29, 1.82) is 0 Å². The van der Waals surface area contributed by atoms with Gasteiger partial charge in [0.05, 0.1) is 0 Å². The number of carbonyl (C=O) groups is 1. The molecule has 0 radical (unpaired) electrons. The second kappa shape index (κ2) is 6.73. The van der Waals surface area contributed by atoms with Crippen molar-refractivity contribution in [3.05, 3.63) is 108 Å². The topological polar surface area (TPSA) is 17.1 Å². The van der Waals surface area contributed by atoms with E-state index in [1.165, 1.54) is 5.80 Å². The van der Waals surface area contributed by atoms with Crippen LogP contribution in [0.1, 0.15) is 16.7 Å². The van der Waals surface area contributed by atoms with Crippen LogP contribution < -0.4 is 0 Å². The highest BCUT2D eigenvalue weighted by atomic mass is 31.0. The van der Waals surface area contributed by atoms with E-state index in [2.05, 4.69) is 8.86 Å². The molecule has 23 heavy (non-hydrogen) atoms. The monoisotopic (exact) mass is 316 g/mol. The maximum absolute atomic E-state index is 13.1. The highest BCUT2D eigenvalue weighted by molar-refractivity contribution is 7.22. The van der Waals surface area contributed by atoms with E-state index in [1.807, 2.05) is 91.0 Å². The molecule has 0 saturated heterocycles. The molecule has 0 atom stereocenters. The fraction of sp³-hybridized carbons (Fsp3) is 0.0476. The Hall–Kier alpha value is -2.50. The van der Waals surface area contributed by atoms with Crippen molar-refractivity contribution in [2.75, 3.05) is 0 Å². The predicted molar refractivity (Wildman–Crippen MR) is 98.6 cm³/mol. The molecule has 0 saturated carbocycles. The maximum atomic E-state index is 13.1. The minimum absolute atomic E-state index is 0.00207. The minimum Gasteiger partial charge on any atom is -0.293 e. The molecule has 0 spiro atoms. The zero-order chi connectivity index (χ0) is 16.1. The van der Waals surface area contributed by atoms with Gasteiger partial charge in [0.15, 0.2) is 5.78 Å². The predicted octanol–water partition coefficient (Wildman–Crippen LogP) is 4.54. The Balaban J connectivity index is 2.40. The summed E-state index contributed by atoms with van der Waals surface area (Å²) in [4.78, 5) is 13.1. The van der Waals surface area contributed by atoms with Crippen LogP contribution in [0.3, 0.4) is 0 Å². The third kappa shape index (κ3) is 2.65. The molecule has 3 rings (SSSR count). The van der Waals surface area contributed by atoms with Crippen molar-refractivity contribution in [2.24, 2.45) is 0 Å². The molecule has 0 unspecified atom stereocenters. The van der Waals surface area contributed by atoms with Gasteiger partial charge < -0.3 is 0 Å². The van der Waals surface area contributed by atoms with Crippen molar-refractivity contribution in [3.8, 4) is 0 Å². The third-order valence-corrected chi connectivity index (χ3v) is 4.38.